The molecule has 0 radical (unpaired) electrons. The topological polar surface area (TPSA) is 29.1 Å². The van der Waals surface area contributed by atoms with Crippen molar-refractivity contribution in [3.63, 3.8) is 0 Å². The lowest BCUT2D eigenvalue weighted by molar-refractivity contribution is 0.102. The molecule has 0 spiro atoms. The van der Waals surface area contributed by atoms with Crippen molar-refractivity contribution >= 4 is 24.2 Å². The molecule has 0 aliphatic carbocycles. The van der Waals surface area contributed by atoms with E-state index in [0.29, 0.717) is 5.56 Å². The number of benzene rings is 2. The van der Waals surface area contributed by atoms with Crippen LogP contribution in [0.5, 0.6) is 0 Å². The lowest BCUT2D eigenvalue weighted by Gasteiger charge is -2.07. The molecule has 0 unspecified atom stereocenters. The summed E-state index contributed by atoms with van der Waals surface area (Å²) in [5.41, 5.74) is 2.26. The fourth-order valence-corrected chi connectivity index (χ4v) is 1.94. The van der Waals surface area contributed by atoms with E-state index in [1.54, 1.807) is 0 Å². The minimum absolute atomic E-state index is 0.162. The second kappa shape index (κ2) is 5.89. The van der Waals surface area contributed by atoms with Gasteiger partial charge in [0, 0.05) is 16.1 Å². The molecule has 0 atom stereocenters. The third-order valence-corrected chi connectivity index (χ3v) is 3.14. The van der Waals surface area contributed by atoms with Gasteiger partial charge in [0.2, 0.25) is 0 Å². The molecule has 0 saturated heterocycles. The fourth-order valence-electron chi connectivity index (χ4n) is 1.73. The maximum atomic E-state index is 13.1. The highest BCUT2D eigenvalue weighted by atomic mass is 32.1. The summed E-state index contributed by atoms with van der Waals surface area (Å²) in [7, 11) is 0. The molecule has 0 aliphatic heterocycles. The predicted molar refractivity (Wildman–Crippen MR) is 77.4 cm³/mol. The van der Waals surface area contributed by atoms with Crippen molar-refractivity contribution in [2.75, 3.05) is 5.32 Å². The first-order valence-corrected chi connectivity index (χ1v) is 6.43. The van der Waals surface area contributed by atoms with Crippen molar-refractivity contribution in [3.8, 4) is 0 Å². The Morgan fingerprint density at radius 1 is 1.26 bits per heavy atom. The minimum atomic E-state index is -0.437. The molecule has 0 saturated carbocycles. The van der Waals surface area contributed by atoms with E-state index in [-0.39, 0.29) is 10.8 Å². The molecule has 0 aromatic heterocycles. The Balaban J connectivity index is 2.18. The van der Waals surface area contributed by atoms with Gasteiger partial charge in [-0.1, -0.05) is 19.1 Å². The minimum Gasteiger partial charge on any atom is -0.322 e. The summed E-state index contributed by atoms with van der Waals surface area (Å²) in [6.45, 7) is 2.05. The Morgan fingerprint density at radius 2 is 2.05 bits per heavy atom. The zero-order valence-corrected chi connectivity index (χ0v) is 11.4. The predicted octanol–water partition coefficient (Wildman–Crippen LogP) is 3.93. The second-order valence-corrected chi connectivity index (χ2v) is 4.66. The van der Waals surface area contributed by atoms with Gasteiger partial charge in [0.05, 0.1) is 0 Å². The fraction of sp³-hybridized carbons (Fsp3) is 0.133. The summed E-state index contributed by atoms with van der Waals surface area (Å²) >= 11 is 3.96. The Kier molecular flexibility index (Phi) is 4.22. The van der Waals surface area contributed by atoms with Crippen molar-refractivity contribution in [3.05, 3.63) is 59.4 Å². The molecule has 1 amide bonds. The molecule has 1 N–H and O–H groups in total. The number of nitrogens with one attached hydrogen (secondary N) is 1. The third kappa shape index (κ3) is 3.35. The lowest BCUT2D eigenvalue weighted by atomic mass is 10.1. The van der Waals surface area contributed by atoms with Crippen LogP contribution in [-0.2, 0) is 6.42 Å². The standard InChI is InChI=1S/C15H14FNOS/c1-2-10-4-3-5-12(8-10)17-15(18)11-6-7-13(16)14(19)9-11/h3-9,19H,2H2,1H3,(H,17,18). The number of hydrogen-bond acceptors (Lipinski definition) is 2. The maximum Gasteiger partial charge on any atom is 0.255 e. The van der Waals surface area contributed by atoms with Crippen LogP contribution < -0.4 is 5.32 Å². The number of amides is 1. The molecule has 0 heterocycles. The average molecular weight is 275 g/mol. The smallest absolute Gasteiger partial charge is 0.255 e. The number of thiol groups is 1. The molecule has 0 aliphatic rings. The zero-order chi connectivity index (χ0) is 13.8. The highest BCUT2D eigenvalue weighted by Crippen LogP contribution is 2.16. The highest BCUT2D eigenvalue weighted by Gasteiger charge is 2.08. The number of rotatable bonds is 3. The van der Waals surface area contributed by atoms with E-state index in [9.17, 15) is 9.18 Å². The van der Waals surface area contributed by atoms with E-state index >= 15 is 0 Å². The average Bonchev–Trinajstić information content (AvgIpc) is 2.42. The molecule has 0 fully saturated rings. The summed E-state index contributed by atoms with van der Waals surface area (Å²) in [6, 6.07) is 11.7. The van der Waals surface area contributed by atoms with E-state index in [1.807, 2.05) is 31.2 Å². The highest BCUT2D eigenvalue weighted by molar-refractivity contribution is 7.80. The van der Waals surface area contributed by atoms with Crippen LogP contribution in [0.25, 0.3) is 0 Å². The van der Waals surface area contributed by atoms with Gasteiger partial charge in [-0.2, -0.15) is 0 Å². The quantitative estimate of drug-likeness (QED) is 0.817. The third-order valence-electron chi connectivity index (χ3n) is 2.80. The van der Waals surface area contributed by atoms with Crippen molar-refractivity contribution < 1.29 is 9.18 Å². The number of hydrogen-bond donors (Lipinski definition) is 2. The maximum absolute atomic E-state index is 13.1. The Labute approximate surface area is 117 Å². The van der Waals surface area contributed by atoms with E-state index in [0.717, 1.165) is 17.7 Å². The van der Waals surface area contributed by atoms with Crippen LogP contribution in [0.2, 0.25) is 0 Å². The van der Waals surface area contributed by atoms with Crippen molar-refractivity contribution in [1.82, 2.24) is 0 Å². The van der Waals surface area contributed by atoms with Crippen molar-refractivity contribution in [1.29, 1.82) is 0 Å². The number of carbonyl (C=O) groups is 1. The van der Waals surface area contributed by atoms with Crippen LogP contribution in [0.1, 0.15) is 22.8 Å². The van der Waals surface area contributed by atoms with Gasteiger partial charge in [-0.05, 0) is 42.3 Å². The van der Waals surface area contributed by atoms with Crippen LogP contribution in [0.4, 0.5) is 10.1 Å². The monoisotopic (exact) mass is 275 g/mol. The van der Waals surface area contributed by atoms with E-state index in [2.05, 4.69) is 17.9 Å². The van der Waals surface area contributed by atoms with E-state index in [1.165, 1.54) is 18.2 Å². The van der Waals surface area contributed by atoms with Crippen LogP contribution in [-0.4, -0.2) is 5.91 Å². The summed E-state index contributed by atoms with van der Waals surface area (Å²) in [5, 5.41) is 2.78. The van der Waals surface area contributed by atoms with Gasteiger partial charge in [-0.25, -0.2) is 4.39 Å². The summed E-state index contributed by atoms with van der Waals surface area (Å²) < 4.78 is 13.1. The summed E-state index contributed by atoms with van der Waals surface area (Å²) in [4.78, 5) is 12.2. The van der Waals surface area contributed by atoms with Gasteiger partial charge in [0.25, 0.3) is 5.91 Å². The first-order chi connectivity index (χ1) is 9.10. The number of anilines is 1. The molecule has 2 nitrogen and oxygen atoms in total. The van der Waals surface area contributed by atoms with E-state index < -0.39 is 5.82 Å². The number of aryl methyl sites for hydroxylation is 1. The molecule has 2 aromatic carbocycles. The van der Waals surface area contributed by atoms with Gasteiger partial charge in [-0.3, -0.25) is 4.79 Å². The molecule has 19 heavy (non-hydrogen) atoms. The first kappa shape index (κ1) is 13.6. The Morgan fingerprint density at radius 3 is 2.74 bits per heavy atom. The second-order valence-electron chi connectivity index (χ2n) is 4.17. The summed E-state index contributed by atoms with van der Waals surface area (Å²) in [6.07, 6.45) is 0.904. The van der Waals surface area contributed by atoms with Gasteiger partial charge in [0.15, 0.2) is 0 Å². The molecule has 2 rings (SSSR count). The molecule has 2 aromatic rings. The van der Waals surface area contributed by atoms with Crippen LogP contribution in [0, 0.1) is 5.82 Å². The van der Waals surface area contributed by atoms with E-state index in [4.69, 9.17) is 0 Å². The number of halogens is 1. The van der Waals surface area contributed by atoms with Crippen LogP contribution in [0.15, 0.2) is 47.4 Å². The van der Waals surface area contributed by atoms with Gasteiger partial charge < -0.3 is 5.32 Å². The zero-order valence-electron chi connectivity index (χ0n) is 10.5. The largest absolute Gasteiger partial charge is 0.322 e. The number of carbonyl (C=O) groups excluding carboxylic acids is 1. The summed E-state index contributed by atoms with van der Waals surface area (Å²) in [5.74, 6) is -0.712. The molecule has 4 heteroatoms. The SMILES string of the molecule is CCc1cccc(NC(=O)c2ccc(F)c(S)c2)c1. The van der Waals surface area contributed by atoms with Gasteiger partial charge in [0.1, 0.15) is 5.82 Å². The Hall–Kier alpha value is -1.81. The normalized spacial score (nSPS) is 10.3. The first-order valence-electron chi connectivity index (χ1n) is 5.99. The van der Waals surface area contributed by atoms with Crippen LogP contribution in [0.3, 0.4) is 0 Å². The molecular weight excluding hydrogens is 261 g/mol. The van der Waals surface area contributed by atoms with Crippen molar-refractivity contribution in [2.24, 2.45) is 0 Å². The van der Waals surface area contributed by atoms with Crippen LogP contribution >= 0.6 is 12.6 Å². The lowest BCUT2D eigenvalue weighted by Crippen LogP contribution is -2.12. The van der Waals surface area contributed by atoms with Crippen molar-refractivity contribution in [2.45, 2.75) is 18.2 Å². The molecular formula is C15H14FNOS. The molecule has 0 bridgehead atoms. The Bertz CT molecular complexity index is 613. The van der Waals surface area contributed by atoms with Gasteiger partial charge >= 0.3 is 0 Å². The molecule has 98 valence electrons. The van der Waals surface area contributed by atoms with Gasteiger partial charge in [-0.15, -0.1) is 12.6 Å².